The zero-order chi connectivity index (χ0) is 21.7. The molecule has 1 N–H and O–H groups in total. The van der Waals surface area contributed by atoms with Crippen molar-refractivity contribution >= 4 is 15.9 Å². The monoisotopic (exact) mass is 436 g/mol. The number of carbonyl (C=O) groups is 1. The van der Waals surface area contributed by atoms with Crippen LogP contribution in [0.3, 0.4) is 0 Å². The number of amides is 1. The molecule has 0 aromatic heterocycles. The molecule has 7 nitrogen and oxygen atoms in total. The van der Waals surface area contributed by atoms with E-state index >= 15 is 0 Å². The normalized spacial score (nSPS) is 15.6. The average Bonchev–Trinajstić information content (AvgIpc) is 2.77. The summed E-state index contributed by atoms with van der Waals surface area (Å²) < 4.78 is 50.3. The van der Waals surface area contributed by atoms with Gasteiger partial charge in [-0.2, -0.15) is 4.31 Å². The molecular formula is C21H25FN2O5S. The lowest BCUT2D eigenvalue weighted by molar-refractivity contribution is -0.126. The molecule has 0 bridgehead atoms. The van der Waals surface area contributed by atoms with E-state index in [0.717, 1.165) is 17.7 Å². The van der Waals surface area contributed by atoms with Gasteiger partial charge in [0.05, 0.1) is 19.1 Å². The van der Waals surface area contributed by atoms with Crippen molar-refractivity contribution in [2.24, 2.45) is 5.92 Å². The Kier molecular flexibility index (Phi) is 6.94. The van der Waals surface area contributed by atoms with Crippen LogP contribution in [0.5, 0.6) is 11.5 Å². The fraction of sp³-hybridized carbons (Fsp3) is 0.381. The maximum atomic E-state index is 13.1. The molecule has 1 amide bonds. The Labute approximate surface area is 175 Å². The van der Waals surface area contributed by atoms with Crippen LogP contribution in [-0.4, -0.2) is 45.9 Å². The number of ether oxygens (including phenoxy) is 2. The summed E-state index contributed by atoms with van der Waals surface area (Å²) in [4.78, 5) is 12.6. The van der Waals surface area contributed by atoms with E-state index in [0.29, 0.717) is 30.9 Å². The van der Waals surface area contributed by atoms with E-state index in [1.165, 1.54) is 16.4 Å². The van der Waals surface area contributed by atoms with Crippen LogP contribution in [0.1, 0.15) is 18.4 Å². The van der Waals surface area contributed by atoms with Crippen molar-refractivity contribution in [3.8, 4) is 11.5 Å². The maximum absolute atomic E-state index is 13.1. The van der Waals surface area contributed by atoms with Crippen molar-refractivity contribution in [1.82, 2.24) is 9.62 Å². The summed E-state index contributed by atoms with van der Waals surface area (Å²) in [6.45, 7) is 0.785. The number of hydrogen-bond donors (Lipinski definition) is 1. The first-order chi connectivity index (χ1) is 14.3. The smallest absolute Gasteiger partial charge is 0.243 e. The van der Waals surface area contributed by atoms with Crippen molar-refractivity contribution < 1.29 is 27.1 Å². The molecule has 3 rings (SSSR count). The second kappa shape index (κ2) is 9.44. The molecule has 1 heterocycles. The maximum Gasteiger partial charge on any atom is 0.243 e. The molecule has 1 fully saturated rings. The first kappa shape index (κ1) is 22.0. The predicted octanol–water partition coefficient (Wildman–Crippen LogP) is 2.56. The van der Waals surface area contributed by atoms with Gasteiger partial charge in [-0.1, -0.05) is 0 Å². The minimum atomic E-state index is -3.69. The van der Waals surface area contributed by atoms with E-state index in [4.69, 9.17) is 9.47 Å². The zero-order valence-electron chi connectivity index (χ0n) is 16.9. The highest BCUT2D eigenvalue weighted by atomic mass is 32.2. The number of carbonyl (C=O) groups excluding carboxylic acids is 1. The Bertz CT molecular complexity index is 987. The molecule has 0 radical (unpaired) electrons. The van der Waals surface area contributed by atoms with Gasteiger partial charge in [0.2, 0.25) is 15.9 Å². The third-order valence-corrected chi connectivity index (χ3v) is 7.14. The molecule has 162 valence electrons. The standard InChI is InChI=1S/C21H25FN2O5S/c1-28-18-6-3-16(20(13-18)29-2)14-23-21(25)15-9-11-24(12-10-15)30(26,27)19-7-4-17(22)5-8-19/h3-8,13,15H,9-12,14H2,1-2H3,(H,23,25). The molecule has 2 aromatic carbocycles. The van der Waals surface area contributed by atoms with Crippen LogP contribution in [0.2, 0.25) is 0 Å². The minimum Gasteiger partial charge on any atom is -0.497 e. The van der Waals surface area contributed by atoms with Crippen LogP contribution >= 0.6 is 0 Å². The fourth-order valence-electron chi connectivity index (χ4n) is 3.44. The quantitative estimate of drug-likeness (QED) is 0.721. The number of piperidine rings is 1. The number of benzene rings is 2. The van der Waals surface area contributed by atoms with E-state index in [-0.39, 0.29) is 29.8 Å². The number of nitrogens with one attached hydrogen (secondary N) is 1. The Morgan fingerprint density at radius 3 is 2.37 bits per heavy atom. The second-order valence-electron chi connectivity index (χ2n) is 7.03. The molecule has 2 aromatic rings. The topological polar surface area (TPSA) is 84.9 Å². The molecular weight excluding hydrogens is 411 g/mol. The minimum absolute atomic E-state index is 0.0541. The van der Waals surface area contributed by atoms with Crippen LogP contribution < -0.4 is 14.8 Å². The van der Waals surface area contributed by atoms with Gasteiger partial charge in [-0.25, -0.2) is 12.8 Å². The van der Waals surface area contributed by atoms with Crippen LogP contribution in [0.15, 0.2) is 47.4 Å². The summed E-state index contributed by atoms with van der Waals surface area (Å²) in [6.07, 6.45) is 0.845. The summed E-state index contributed by atoms with van der Waals surface area (Å²) in [5.41, 5.74) is 0.822. The predicted molar refractivity (Wildman–Crippen MR) is 109 cm³/mol. The molecule has 1 aliphatic rings. The second-order valence-corrected chi connectivity index (χ2v) is 8.97. The van der Waals surface area contributed by atoms with E-state index in [2.05, 4.69) is 5.32 Å². The number of rotatable bonds is 7. The highest BCUT2D eigenvalue weighted by Gasteiger charge is 2.32. The molecule has 0 atom stereocenters. The van der Waals surface area contributed by atoms with Crippen molar-refractivity contribution in [1.29, 1.82) is 0 Å². The number of hydrogen-bond acceptors (Lipinski definition) is 5. The van der Waals surface area contributed by atoms with Crippen LogP contribution in [0, 0.1) is 11.7 Å². The molecule has 0 unspecified atom stereocenters. The first-order valence-electron chi connectivity index (χ1n) is 9.59. The van der Waals surface area contributed by atoms with Crippen LogP contribution in [-0.2, 0) is 21.4 Å². The van der Waals surface area contributed by atoms with Gasteiger partial charge in [-0.3, -0.25) is 4.79 Å². The van der Waals surface area contributed by atoms with Gasteiger partial charge in [0.25, 0.3) is 0 Å². The number of nitrogens with zero attached hydrogens (tertiary/aromatic N) is 1. The van der Waals surface area contributed by atoms with Crippen molar-refractivity contribution in [2.75, 3.05) is 27.3 Å². The van der Waals surface area contributed by atoms with Gasteiger partial charge in [-0.05, 0) is 49.2 Å². The highest BCUT2D eigenvalue weighted by Crippen LogP contribution is 2.26. The van der Waals surface area contributed by atoms with Crippen LogP contribution in [0.4, 0.5) is 4.39 Å². The zero-order valence-corrected chi connectivity index (χ0v) is 17.7. The molecule has 1 aliphatic heterocycles. The summed E-state index contributed by atoms with van der Waals surface area (Å²) in [6, 6.07) is 10.1. The van der Waals surface area contributed by atoms with Crippen molar-refractivity contribution in [3.05, 3.63) is 53.8 Å². The summed E-state index contributed by atoms with van der Waals surface area (Å²) in [5, 5.41) is 2.90. The fourth-order valence-corrected chi connectivity index (χ4v) is 4.91. The first-order valence-corrected chi connectivity index (χ1v) is 11.0. The van der Waals surface area contributed by atoms with Gasteiger partial charge in [-0.15, -0.1) is 0 Å². The molecule has 0 saturated carbocycles. The summed E-state index contributed by atoms with van der Waals surface area (Å²) >= 11 is 0. The van der Waals surface area contributed by atoms with Gasteiger partial charge < -0.3 is 14.8 Å². The lowest BCUT2D eigenvalue weighted by atomic mass is 9.97. The molecule has 1 saturated heterocycles. The molecule has 0 spiro atoms. The summed E-state index contributed by atoms with van der Waals surface area (Å²) in [7, 11) is -0.571. The van der Waals surface area contributed by atoms with Crippen molar-refractivity contribution in [3.63, 3.8) is 0 Å². The Morgan fingerprint density at radius 2 is 1.77 bits per heavy atom. The van der Waals surface area contributed by atoms with E-state index < -0.39 is 15.8 Å². The Hall–Kier alpha value is -2.65. The Morgan fingerprint density at radius 1 is 1.10 bits per heavy atom. The van der Waals surface area contributed by atoms with E-state index in [1.54, 1.807) is 26.4 Å². The van der Waals surface area contributed by atoms with E-state index in [1.807, 2.05) is 6.07 Å². The molecule has 9 heteroatoms. The number of methoxy groups -OCH3 is 2. The SMILES string of the molecule is COc1ccc(CNC(=O)C2CCN(S(=O)(=O)c3ccc(F)cc3)CC2)c(OC)c1. The summed E-state index contributed by atoms with van der Waals surface area (Å²) in [5.74, 6) is 0.407. The highest BCUT2D eigenvalue weighted by molar-refractivity contribution is 7.89. The van der Waals surface area contributed by atoms with Crippen LogP contribution in [0.25, 0.3) is 0 Å². The third kappa shape index (κ3) is 4.91. The lowest BCUT2D eigenvalue weighted by Gasteiger charge is -2.30. The lowest BCUT2D eigenvalue weighted by Crippen LogP contribution is -2.42. The Balaban J connectivity index is 1.56. The van der Waals surface area contributed by atoms with Gasteiger partial charge in [0.15, 0.2) is 0 Å². The van der Waals surface area contributed by atoms with Gasteiger partial charge in [0, 0.05) is 37.2 Å². The number of sulfonamides is 1. The van der Waals surface area contributed by atoms with Crippen molar-refractivity contribution in [2.45, 2.75) is 24.3 Å². The van der Waals surface area contributed by atoms with E-state index in [9.17, 15) is 17.6 Å². The third-order valence-electron chi connectivity index (χ3n) is 5.22. The molecule has 0 aliphatic carbocycles. The van der Waals surface area contributed by atoms with Gasteiger partial charge in [0.1, 0.15) is 17.3 Å². The number of halogens is 1. The molecule has 30 heavy (non-hydrogen) atoms. The van der Waals surface area contributed by atoms with Gasteiger partial charge >= 0.3 is 0 Å². The average molecular weight is 437 g/mol. The largest absolute Gasteiger partial charge is 0.497 e.